The zero-order valence-corrected chi connectivity index (χ0v) is 24.2. The van der Waals surface area contributed by atoms with E-state index in [0.29, 0.717) is 0 Å². The molecule has 0 amide bonds. The molecule has 0 spiro atoms. The number of rotatable bonds is 23. The van der Waals surface area contributed by atoms with Crippen molar-refractivity contribution in [2.75, 3.05) is 52.9 Å². The van der Waals surface area contributed by atoms with Gasteiger partial charge in [-0.15, -0.1) is 0 Å². The average Bonchev–Trinajstić information content (AvgIpc) is 2.94. The highest BCUT2D eigenvalue weighted by molar-refractivity contribution is 5.87. The van der Waals surface area contributed by atoms with Gasteiger partial charge in [-0.3, -0.25) is 0 Å². The van der Waals surface area contributed by atoms with Crippen molar-refractivity contribution >= 4 is 17.9 Å². The van der Waals surface area contributed by atoms with Gasteiger partial charge in [0.2, 0.25) is 0 Å². The fraction of sp³-hybridized carbons (Fsp3) is 0.667. The fourth-order valence-corrected chi connectivity index (χ4v) is 2.80. The van der Waals surface area contributed by atoms with E-state index in [0.717, 1.165) is 0 Å². The van der Waals surface area contributed by atoms with Crippen LogP contribution in [0.5, 0.6) is 0 Å². The van der Waals surface area contributed by atoms with Crippen molar-refractivity contribution in [3.05, 3.63) is 36.5 Å². The SMILES string of the molecule is C=C(C)C(=O)OCC(O)COC[C@H](OCC(O)COC(=O)C(=C)C)[C@@H](OCC(O)COC(=O)C(=C)C)[C@@H](O)[C@H](O)CO. The van der Waals surface area contributed by atoms with Gasteiger partial charge in [0.1, 0.15) is 62.5 Å². The summed E-state index contributed by atoms with van der Waals surface area (Å²) in [5.74, 6) is -2.23. The fourth-order valence-electron chi connectivity index (χ4n) is 2.80. The van der Waals surface area contributed by atoms with E-state index < -0.39 is 113 Å². The van der Waals surface area contributed by atoms with Gasteiger partial charge in [0.05, 0.1) is 33.0 Å². The molecule has 0 aromatic rings. The Kier molecular flexibility index (Phi) is 19.7. The Labute approximate surface area is 244 Å². The topological polar surface area (TPSA) is 228 Å². The van der Waals surface area contributed by atoms with Gasteiger partial charge in [0, 0.05) is 16.7 Å². The van der Waals surface area contributed by atoms with Crippen LogP contribution in [0.25, 0.3) is 0 Å². The van der Waals surface area contributed by atoms with Gasteiger partial charge >= 0.3 is 17.9 Å². The van der Waals surface area contributed by atoms with Gasteiger partial charge in [-0.2, -0.15) is 0 Å². The van der Waals surface area contributed by atoms with Crippen LogP contribution in [-0.2, 0) is 42.8 Å². The molecule has 0 fully saturated rings. The lowest BCUT2D eigenvalue weighted by Gasteiger charge is -2.33. The number of aliphatic hydroxyl groups is 6. The van der Waals surface area contributed by atoms with Crippen molar-refractivity contribution < 1.29 is 73.4 Å². The molecular formula is C27H44O15. The minimum atomic E-state index is -1.83. The Balaban J connectivity index is 5.56. The molecule has 0 heterocycles. The second-order valence-electron chi connectivity index (χ2n) is 9.55. The zero-order chi connectivity index (χ0) is 32.4. The molecule has 242 valence electrons. The smallest absolute Gasteiger partial charge is 0.333 e. The Morgan fingerprint density at radius 2 is 0.976 bits per heavy atom. The third kappa shape index (κ3) is 16.6. The molecule has 15 nitrogen and oxygen atoms in total. The van der Waals surface area contributed by atoms with E-state index in [-0.39, 0.29) is 16.7 Å². The van der Waals surface area contributed by atoms with E-state index in [4.69, 9.17) is 28.4 Å². The molecule has 0 aliphatic rings. The van der Waals surface area contributed by atoms with Crippen molar-refractivity contribution in [2.45, 2.75) is 63.5 Å². The van der Waals surface area contributed by atoms with Crippen LogP contribution in [0.1, 0.15) is 20.8 Å². The highest BCUT2D eigenvalue weighted by atomic mass is 16.6. The second-order valence-corrected chi connectivity index (χ2v) is 9.55. The van der Waals surface area contributed by atoms with Gasteiger partial charge in [-0.05, 0) is 20.8 Å². The molecule has 3 unspecified atom stereocenters. The number of ether oxygens (including phenoxy) is 6. The van der Waals surface area contributed by atoms with Gasteiger partial charge in [0.25, 0.3) is 0 Å². The van der Waals surface area contributed by atoms with Gasteiger partial charge in [0.15, 0.2) is 0 Å². The van der Waals surface area contributed by atoms with Crippen molar-refractivity contribution in [2.24, 2.45) is 0 Å². The van der Waals surface area contributed by atoms with E-state index in [9.17, 15) is 45.0 Å². The van der Waals surface area contributed by atoms with Crippen LogP contribution < -0.4 is 0 Å². The first-order chi connectivity index (χ1) is 19.6. The maximum Gasteiger partial charge on any atom is 0.333 e. The van der Waals surface area contributed by atoms with Crippen LogP contribution in [0.4, 0.5) is 0 Å². The van der Waals surface area contributed by atoms with Crippen molar-refractivity contribution in [1.82, 2.24) is 0 Å². The van der Waals surface area contributed by atoms with Gasteiger partial charge in [-0.25, -0.2) is 14.4 Å². The highest BCUT2D eigenvalue weighted by Crippen LogP contribution is 2.15. The van der Waals surface area contributed by atoms with Crippen LogP contribution in [0.15, 0.2) is 36.5 Å². The maximum atomic E-state index is 11.6. The van der Waals surface area contributed by atoms with Gasteiger partial charge in [-0.1, -0.05) is 19.7 Å². The van der Waals surface area contributed by atoms with E-state index >= 15 is 0 Å². The molecule has 0 aliphatic carbocycles. The molecule has 0 saturated heterocycles. The summed E-state index contributed by atoms with van der Waals surface area (Å²) in [7, 11) is 0. The summed E-state index contributed by atoms with van der Waals surface area (Å²) in [6.07, 6.45) is -10.5. The predicted molar refractivity (Wildman–Crippen MR) is 145 cm³/mol. The lowest BCUT2D eigenvalue weighted by atomic mass is 10.0. The van der Waals surface area contributed by atoms with E-state index in [1.807, 2.05) is 0 Å². The first kappa shape index (κ1) is 39.3. The van der Waals surface area contributed by atoms with Crippen LogP contribution in [-0.4, -0.2) is 144 Å². The standard InChI is InChI=1S/C27H44O15/c1-15(2)25(34)40-11-18(29)8-37-14-22(38-9-19(30)12-41-26(35)16(3)4)24(23(33)21(32)7-28)39-10-20(31)13-42-27(36)17(5)6/h18-24,28-33H,1,3,5,7-14H2,2,4,6H3/t18?,19?,20?,21-,22+,23+,24-/m1/s1. The minimum absolute atomic E-state index is 0.0946. The molecule has 15 heteroatoms. The molecular weight excluding hydrogens is 564 g/mol. The first-order valence-corrected chi connectivity index (χ1v) is 12.9. The average molecular weight is 609 g/mol. The third-order valence-corrected chi connectivity index (χ3v) is 5.13. The van der Waals surface area contributed by atoms with E-state index in [1.165, 1.54) is 20.8 Å². The van der Waals surface area contributed by atoms with E-state index in [1.54, 1.807) is 0 Å². The van der Waals surface area contributed by atoms with Crippen LogP contribution in [0.2, 0.25) is 0 Å². The summed E-state index contributed by atoms with van der Waals surface area (Å²) in [5.41, 5.74) is 0.318. The van der Waals surface area contributed by atoms with E-state index in [2.05, 4.69) is 19.7 Å². The maximum absolute atomic E-state index is 11.6. The Morgan fingerprint density at radius 1 is 0.595 bits per heavy atom. The Bertz CT molecular complexity index is 889. The molecule has 0 rings (SSSR count). The summed E-state index contributed by atoms with van der Waals surface area (Å²) in [5, 5.41) is 60.6. The quantitative estimate of drug-likeness (QED) is 0.0416. The zero-order valence-electron chi connectivity index (χ0n) is 24.2. The van der Waals surface area contributed by atoms with Gasteiger partial charge < -0.3 is 59.1 Å². The number of esters is 3. The molecule has 0 radical (unpaired) electrons. The monoisotopic (exact) mass is 608 g/mol. The number of carbonyl (C=O) groups excluding carboxylic acids is 3. The molecule has 6 N–H and O–H groups in total. The summed E-state index contributed by atoms with van der Waals surface area (Å²) in [6, 6.07) is 0. The minimum Gasteiger partial charge on any atom is -0.460 e. The molecule has 7 atom stereocenters. The lowest BCUT2D eigenvalue weighted by molar-refractivity contribution is -0.189. The Hall–Kier alpha value is -2.73. The van der Waals surface area contributed by atoms with Crippen LogP contribution >= 0.6 is 0 Å². The second kappa shape index (κ2) is 21.0. The largest absolute Gasteiger partial charge is 0.460 e. The molecule has 42 heavy (non-hydrogen) atoms. The summed E-state index contributed by atoms with van der Waals surface area (Å²) >= 11 is 0. The van der Waals surface area contributed by atoms with Crippen molar-refractivity contribution in [1.29, 1.82) is 0 Å². The molecule has 0 saturated carbocycles. The molecule has 0 aromatic carbocycles. The number of hydrogen-bond donors (Lipinski definition) is 6. The normalized spacial score (nSPS) is 16.2. The lowest BCUT2D eigenvalue weighted by Crippen LogP contribution is -2.51. The molecule has 0 bridgehead atoms. The molecule has 0 aromatic heterocycles. The molecule has 0 aliphatic heterocycles. The number of aliphatic hydroxyl groups excluding tert-OH is 6. The Morgan fingerprint density at radius 3 is 1.36 bits per heavy atom. The summed E-state index contributed by atoms with van der Waals surface area (Å²) < 4.78 is 31.2. The summed E-state index contributed by atoms with van der Waals surface area (Å²) in [4.78, 5) is 34.7. The van der Waals surface area contributed by atoms with Crippen molar-refractivity contribution in [3.63, 3.8) is 0 Å². The van der Waals surface area contributed by atoms with Crippen molar-refractivity contribution in [3.8, 4) is 0 Å². The van der Waals surface area contributed by atoms with Crippen LogP contribution in [0.3, 0.4) is 0 Å². The van der Waals surface area contributed by atoms with Crippen LogP contribution in [0, 0.1) is 0 Å². The highest BCUT2D eigenvalue weighted by Gasteiger charge is 2.36. The summed E-state index contributed by atoms with van der Waals surface area (Å²) in [6.45, 7) is 10.3. The third-order valence-electron chi connectivity index (χ3n) is 5.13. The predicted octanol–water partition coefficient (Wildman–Crippen LogP) is -2.07. The first-order valence-electron chi connectivity index (χ1n) is 12.9. The number of hydrogen-bond acceptors (Lipinski definition) is 15. The number of carbonyl (C=O) groups is 3.